The Morgan fingerprint density at radius 2 is 2.14 bits per heavy atom. The Labute approximate surface area is 84.5 Å². The Hall–Kier alpha value is -0.860. The fourth-order valence-electron chi connectivity index (χ4n) is 2.29. The smallest absolute Gasteiger partial charge is 0.223 e. The zero-order valence-electron chi connectivity index (χ0n) is 8.66. The Morgan fingerprint density at radius 1 is 1.43 bits per heavy atom. The lowest BCUT2D eigenvalue weighted by Crippen LogP contribution is -2.31. The molecule has 0 aromatic heterocycles. The molecule has 1 aliphatic heterocycles. The van der Waals surface area contributed by atoms with E-state index in [1.54, 1.807) is 4.90 Å². The highest BCUT2D eigenvalue weighted by Gasteiger charge is 2.38. The molecule has 0 spiro atoms. The summed E-state index contributed by atoms with van der Waals surface area (Å²) in [5, 5.41) is 0. The van der Waals surface area contributed by atoms with Gasteiger partial charge in [0.25, 0.3) is 0 Å². The minimum Gasteiger partial charge on any atom is -0.342 e. The summed E-state index contributed by atoms with van der Waals surface area (Å²) < 4.78 is 0. The lowest BCUT2D eigenvalue weighted by Gasteiger charge is -2.26. The zero-order valence-corrected chi connectivity index (χ0v) is 8.66. The van der Waals surface area contributed by atoms with Gasteiger partial charge in [-0.25, -0.2) is 0 Å². The summed E-state index contributed by atoms with van der Waals surface area (Å²) >= 11 is 0. The standard InChI is InChI=1S/C11H17NO2/c1-2-12-7-9(6-10(12)13)11(14)8-4-3-5-8/h8-9H,2-7H2,1H3. The van der Waals surface area contributed by atoms with Gasteiger partial charge < -0.3 is 4.90 Å². The van der Waals surface area contributed by atoms with Gasteiger partial charge in [-0.1, -0.05) is 6.42 Å². The number of rotatable bonds is 3. The topological polar surface area (TPSA) is 37.4 Å². The number of ketones is 1. The molecule has 3 heteroatoms. The van der Waals surface area contributed by atoms with Crippen LogP contribution in [0.2, 0.25) is 0 Å². The number of carbonyl (C=O) groups excluding carboxylic acids is 2. The molecule has 1 heterocycles. The summed E-state index contributed by atoms with van der Waals surface area (Å²) in [5.74, 6) is 0.795. The summed E-state index contributed by atoms with van der Waals surface area (Å²) in [5.41, 5.74) is 0. The van der Waals surface area contributed by atoms with Gasteiger partial charge in [-0.15, -0.1) is 0 Å². The third-order valence-electron chi connectivity index (χ3n) is 3.51. The van der Waals surface area contributed by atoms with Crippen LogP contribution in [-0.2, 0) is 9.59 Å². The largest absolute Gasteiger partial charge is 0.342 e. The van der Waals surface area contributed by atoms with E-state index in [1.807, 2.05) is 6.92 Å². The van der Waals surface area contributed by atoms with Crippen LogP contribution in [0, 0.1) is 11.8 Å². The van der Waals surface area contributed by atoms with Crippen LogP contribution in [0.4, 0.5) is 0 Å². The van der Waals surface area contributed by atoms with Crippen LogP contribution in [-0.4, -0.2) is 29.7 Å². The number of amides is 1. The second-order valence-electron chi connectivity index (χ2n) is 4.36. The van der Waals surface area contributed by atoms with E-state index in [4.69, 9.17) is 0 Å². The average molecular weight is 195 g/mol. The van der Waals surface area contributed by atoms with Crippen LogP contribution in [0.5, 0.6) is 0 Å². The predicted molar refractivity (Wildman–Crippen MR) is 52.7 cm³/mol. The molecule has 0 N–H and O–H groups in total. The first-order valence-electron chi connectivity index (χ1n) is 5.54. The fourth-order valence-corrected chi connectivity index (χ4v) is 2.29. The van der Waals surface area contributed by atoms with E-state index in [1.165, 1.54) is 6.42 Å². The first kappa shape index (κ1) is 9.69. The average Bonchev–Trinajstić information content (AvgIpc) is 2.43. The molecule has 1 amide bonds. The lowest BCUT2D eigenvalue weighted by molar-refractivity contribution is -0.130. The third kappa shape index (κ3) is 1.56. The number of hydrogen-bond donors (Lipinski definition) is 0. The minimum absolute atomic E-state index is 0.00718. The van der Waals surface area contributed by atoms with Gasteiger partial charge in [0.1, 0.15) is 5.78 Å². The number of likely N-dealkylation sites (tertiary alicyclic amines) is 1. The van der Waals surface area contributed by atoms with Crippen molar-refractivity contribution in [3.8, 4) is 0 Å². The highest BCUT2D eigenvalue weighted by molar-refractivity contribution is 5.91. The van der Waals surface area contributed by atoms with Crippen molar-refractivity contribution in [2.45, 2.75) is 32.6 Å². The summed E-state index contributed by atoms with van der Waals surface area (Å²) in [6, 6.07) is 0. The molecule has 0 bridgehead atoms. The number of nitrogens with zero attached hydrogens (tertiary/aromatic N) is 1. The van der Waals surface area contributed by atoms with Crippen LogP contribution in [0.25, 0.3) is 0 Å². The predicted octanol–water partition coefficient (Wildman–Crippen LogP) is 1.22. The maximum atomic E-state index is 11.9. The molecule has 1 unspecified atom stereocenters. The molecule has 0 aromatic rings. The lowest BCUT2D eigenvalue weighted by atomic mass is 9.77. The molecule has 0 aromatic carbocycles. The number of Topliss-reactive ketones (excluding diaryl/α,β-unsaturated/α-hetero) is 1. The van der Waals surface area contributed by atoms with Crippen LogP contribution in [0.3, 0.4) is 0 Å². The molecule has 1 saturated carbocycles. The minimum atomic E-state index is 0.00718. The summed E-state index contributed by atoms with van der Waals surface area (Å²) in [4.78, 5) is 25.1. The number of hydrogen-bond acceptors (Lipinski definition) is 2. The van der Waals surface area contributed by atoms with Gasteiger partial charge in [0, 0.05) is 31.3 Å². The zero-order chi connectivity index (χ0) is 10.1. The Bertz CT molecular complexity index is 258. The van der Waals surface area contributed by atoms with Crippen LogP contribution in [0.15, 0.2) is 0 Å². The number of carbonyl (C=O) groups is 2. The Kier molecular flexibility index (Phi) is 2.57. The van der Waals surface area contributed by atoms with Gasteiger partial charge in [0.2, 0.25) is 5.91 Å². The highest BCUT2D eigenvalue weighted by Crippen LogP contribution is 2.32. The second kappa shape index (κ2) is 3.71. The van der Waals surface area contributed by atoms with Crippen molar-refractivity contribution in [3.63, 3.8) is 0 Å². The van der Waals surface area contributed by atoms with E-state index < -0.39 is 0 Å². The first-order valence-corrected chi connectivity index (χ1v) is 5.54. The third-order valence-corrected chi connectivity index (χ3v) is 3.51. The summed E-state index contributed by atoms with van der Waals surface area (Å²) in [6.07, 6.45) is 3.75. The van der Waals surface area contributed by atoms with E-state index in [9.17, 15) is 9.59 Å². The van der Waals surface area contributed by atoms with Crippen molar-refractivity contribution in [1.82, 2.24) is 4.90 Å². The van der Waals surface area contributed by atoms with Crippen LogP contribution < -0.4 is 0 Å². The molecule has 2 aliphatic rings. The molecule has 0 radical (unpaired) electrons. The van der Waals surface area contributed by atoms with Gasteiger partial charge in [-0.05, 0) is 19.8 Å². The molecule has 1 saturated heterocycles. The molecule has 1 atom stereocenters. The van der Waals surface area contributed by atoms with Crippen molar-refractivity contribution in [2.75, 3.05) is 13.1 Å². The molecular formula is C11H17NO2. The van der Waals surface area contributed by atoms with Crippen LogP contribution >= 0.6 is 0 Å². The van der Waals surface area contributed by atoms with Gasteiger partial charge in [-0.3, -0.25) is 9.59 Å². The Morgan fingerprint density at radius 3 is 2.57 bits per heavy atom. The summed E-state index contributed by atoms with van der Waals surface area (Å²) in [6.45, 7) is 3.38. The van der Waals surface area contributed by atoms with Crippen LogP contribution in [0.1, 0.15) is 32.6 Å². The van der Waals surface area contributed by atoms with Gasteiger partial charge >= 0.3 is 0 Å². The normalized spacial score (nSPS) is 27.9. The molecule has 3 nitrogen and oxygen atoms in total. The van der Waals surface area contributed by atoms with Crippen molar-refractivity contribution >= 4 is 11.7 Å². The maximum Gasteiger partial charge on any atom is 0.223 e. The van der Waals surface area contributed by atoms with Gasteiger partial charge in [0.05, 0.1) is 0 Å². The van der Waals surface area contributed by atoms with Gasteiger partial charge in [0.15, 0.2) is 0 Å². The van der Waals surface area contributed by atoms with E-state index >= 15 is 0 Å². The summed E-state index contributed by atoms with van der Waals surface area (Å²) in [7, 11) is 0. The van der Waals surface area contributed by atoms with E-state index in [0.717, 1.165) is 19.4 Å². The SMILES string of the molecule is CCN1CC(C(=O)C2CCC2)CC1=O. The van der Waals surface area contributed by atoms with E-state index in [0.29, 0.717) is 18.7 Å². The molecule has 1 aliphatic carbocycles. The molecule has 78 valence electrons. The van der Waals surface area contributed by atoms with Crippen molar-refractivity contribution in [2.24, 2.45) is 11.8 Å². The first-order chi connectivity index (χ1) is 6.72. The van der Waals surface area contributed by atoms with E-state index in [-0.39, 0.29) is 17.7 Å². The van der Waals surface area contributed by atoms with Crippen molar-refractivity contribution in [1.29, 1.82) is 0 Å². The van der Waals surface area contributed by atoms with Gasteiger partial charge in [-0.2, -0.15) is 0 Å². The molecular weight excluding hydrogens is 178 g/mol. The second-order valence-corrected chi connectivity index (χ2v) is 4.36. The van der Waals surface area contributed by atoms with E-state index in [2.05, 4.69) is 0 Å². The molecule has 2 rings (SSSR count). The maximum absolute atomic E-state index is 11.9. The quantitative estimate of drug-likeness (QED) is 0.679. The fraction of sp³-hybridized carbons (Fsp3) is 0.818. The Balaban J connectivity index is 1.93. The van der Waals surface area contributed by atoms with Crippen molar-refractivity contribution < 1.29 is 9.59 Å². The van der Waals surface area contributed by atoms with Crippen molar-refractivity contribution in [3.05, 3.63) is 0 Å². The molecule has 2 fully saturated rings. The highest BCUT2D eigenvalue weighted by atomic mass is 16.2. The monoisotopic (exact) mass is 195 g/mol. The molecule has 14 heavy (non-hydrogen) atoms.